The molecule has 1 N–H and O–H groups in total. The van der Waals surface area contributed by atoms with E-state index in [0.29, 0.717) is 17.9 Å². The van der Waals surface area contributed by atoms with E-state index in [0.717, 1.165) is 6.42 Å². The van der Waals surface area contributed by atoms with Crippen LogP contribution in [0, 0.1) is 5.82 Å². The monoisotopic (exact) mass is 270 g/mol. The van der Waals surface area contributed by atoms with Crippen LogP contribution >= 0.6 is 0 Å². The Hall–Kier alpha value is -0.873. The second-order valence-electron chi connectivity index (χ2n) is 5.81. The van der Waals surface area contributed by atoms with Gasteiger partial charge in [0.25, 0.3) is 0 Å². The number of halogens is 1. The standard InChI is InChI=1S/C14H23FO2Si/c1-6-9-17-11-7-8-12(13(15)10-11)14(2,16)18(3,4)5/h7-8,10,16H,6,9H2,1-5H3. The summed E-state index contributed by atoms with van der Waals surface area (Å²) in [5.74, 6) is 0.125. The average molecular weight is 270 g/mol. The van der Waals surface area contributed by atoms with E-state index in [1.165, 1.54) is 6.07 Å². The summed E-state index contributed by atoms with van der Waals surface area (Å²) in [7, 11) is -1.93. The summed E-state index contributed by atoms with van der Waals surface area (Å²) in [5.41, 5.74) is 0.366. The molecule has 0 heterocycles. The van der Waals surface area contributed by atoms with Crippen molar-refractivity contribution in [1.29, 1.82) is 0 Å². The molecule has 0 aliphatic rings. The Kier molecular flexibility index (Phi) is 4.56. The third kappa shape index (κ3) is 3.12. The largest absolute Gasteiger partial charge is 0.494 e. The highest BCUT2D eigenvalue weighted by atomic mass is 28.3. The van der Waals surface area contributed by atoms with Crippen molar-refractivity contribution < 1.29 is 14.2 Å². The molecular formula is C14H23FO2Si. The zero-order valence-corrected chi connectivity index (χ0v) is 12.9. The van der Waals surface area contributed by atoms with Crippen molar-refractivity contribution in [3.8, 4) is 5.75 Å². The molecule has 0 aliphatic carbocycles. The van der Waals surface area contributed by atoms with E-state index in [9.17, 15) is 9.50 Å². The van der Waals surface area contributed by atoms with Crippen LogP contribution in [-0.4, -0.2) is 19.8 Å². The highest BCUT2D eigenvalue weighted by Crippen LogP contribution is 2.34. The van der Waals surface area contributed by atoms with Gasteiger partial charge in [-0.25, -0.2) is 4.39 Å². The molecule has 4 heteroatoms. The summed E-state index contributed by atoms with van der Waals surface area (Å²) in [6.45, 7) is 10.3. The number of benzene rings is 1. The van der Waals surface area contributed by atoms with Crippen LogP contribution in [0.5, 0.6) is 5.75 Å². The van der Waals surface area contributed by atoms with E-state index in [1.807, 2.05) is 26.6 Å². The minimum atomic E-state index is -1.93. The zero-order valence-electron chi connectivity index (χ0n) is 11.9. The summed E-state index contributed by atoms with van der Waals surface area (Å²) in [5, 5.41) is 9.47. The van der Waals surface area contributed by atoms with Gasteiger partial charge in [0.1, 0.15) is 11.6 Å². The molecule has 1 rings (SSSR count). The number of rotatable bonds is 5. The molecule has 0 spiro atoms. The summed E-state index contributed by atoms with van der Waals surface area (Å²) < 4.78 is 19.5. The van der Waals surface area contributed by atoms with Crippen molar-refractivity contribution in [2.75, 3.05) is 6.61 Å². The van der Waals surface area contributed by atoms with Gasteiger partial charge in [0.05, 0.1) is 19.9 Å². The summed E-state index contributed by atoms with van der Waals surface area (Å²) in [6.07, 6.45) is 0.885. The van der Waals surface area contributed by atoms with Gasteiger partial charge in [-0.2, -0.15) is 0 Å². The SMILES string of the molecule is CCCOc1ccc(C(C)(O)[Si](C)(C)C)c(F)c1. The predicted octanol–water partition coefficient (Wildman–Crippen LogP) is 3.70. The summed E-state index contributed by atoms with van der Waals surface area (Å²) in [4.78, 5) is 0. The normalized spacial score (nSPS) is 15.3. The predicted molar refractivity (Wildman–Crippen MR) is 75.1 cm³/mol. The Labute approximate surface area is 110 Å². The van der Waals surface area contributed by atoms with Crippen molar-refractivity contribution in [3.05, 3.63) is 29.6 Å². The fraction of sp³-hybridized carbons (Fsp3) is 0.571. The molecule has 0 aromatic heterocycles. The van der Waals surface area contributed by atoms with E-state index >= 15 is 0 Å². The van der Waals surface area contributed by atoms with Crippen LogP contribution in [0.25, 0.3) is 0 Å². The van der Waals surface area contributed by atoms with Gasteiger partial charge < -0.3 is 9.84 Å². The van der Waals surface area contributed by atoms with Crippen molar-refractivity contribution in [2.24, 2.45) is 0 Å². The van der Waals surface area contributed by atoms with E-state index in [-0.39, 0.29) is 0 Å². The van der Waals surface area contributed by atoms with E-state index < -0.39 is 19.1 Å². The van der Waals surface area contributed by atoms with Crippen LogP contribution < -0.4 is 4.74 Å². The third-order valence-corrected chi connectivity index (χ3v) is 6.59. The molecule has 0 saturated carbocycles. The van der Waals surface area contributed by atoms with E-state index in [4.69, 9.17) is 4.74 Å². The van der Waals surface area contributed by atoms with Gasteiger partial charge >= 0.3 is 0 Å². The molecule has 0 aliphatic heterocycles. The molecule has 0 bridgehead atoms. The van der Waals surface area contributed by atoms with E-state index in [1.54, 1.807) is 19.1 Å². The topological polar surface area (TPSA) is 29.5 Å². The first kappa shape index (κ1) is 15.2. The minimum absolute atomic E-state index is 0.366. The highest BCUT2D eigenvalue weighted by molar-refractivity contribution is 6.78. The Morgan fingerprint density at radius 2 is 1.94 bits per heavy atom. The van der Waals surface area contributed by atoms with Gasteiger partial charge in [0.2, 0.25) is 0 Å². The summed E-state index contributed by atoms with van der Waals surface area (Å²) in [6, 6.07) is 4.72. The molecule has 2 nitrogen and oxygen atoms in total. The molecular weight excluding hydrogens is 247 g/mol. The van der Waals surface area contributed by atoms with E-state index in [2.05, 4.69) is 0 Å². The van der Waals surface area contributed by atoms with Crippen LogP contribution in [0.4, 0.5) is 4.39 Å². The zero-order chi connectivity index (χ0) is 14.0. The molecule has 1 aromatic carbocycles. The van der Waals surface area contributed by atoms with Gasteiger partial charge in [-0.15, -0.1) is 0 Å². The smallest absolute Gasteiger partial charge is 0.132 e. The first-order chi connectivity index (χ1) is 8.20. The molecule has 0 radical (unpaired) electrons. The van der Waals surface area contributed by atoms with Crippen LogP contribution in [0.2, 0.25) is 19.6 Å². The van der Waals surface area contributed by atoms with Gasteiger partial charge in [-0.1, -0.05) is 26.6 Å². The Balaban J connectivity index is 3.06. The lowest BCUT2D eigenvalue weighted by Gasteiger charge is -2.36. The maximum absolute atomic E-state index is 14.1. The van der Waals surface area contributed by atoms with Crippen molar-refractivity contribution in [1.82, 2.24) is 0 Å². The lowest BCUT2D eigenvalue weighted by molar-refractivity contribution is 0.131. The van der Waals surface area contributed by atoms with Crippen LogP contribution in [0.3, 0.4) is 0 Å². The van der Waals surface area contributed by atoms with Gasteiger partial charge in [0, 0.05) is 11.6 Å². The number of aliphatic hydroxyl groups is 1. The molecule has 1 unspecified atom stereocenters. The lowest BCUT2D eigenvalue weighted by Crippen LogP contribution is -2.47. The quantitative estimate of drug-likeness (QED) is 0.827. The molecule has 18 heavy (non-hydrogen) atoms. The second-order valence-corrected chi connectivity index (χ2v) is 11.3. The highest BCUT2D eigenvalue weighted by Gasteiger charge is 2.40. The molecule has 0 fully saturated rings. The van der Waals surface area contributed by atoms with Crippen LogP contribution in [0.1, 0.15) is 25.8 Å². The molecule has 0 amide bonds. The Bertz CT molecular complexity index is 411. The first-order valence-electron chi connectivity index (χ1n) is 6.35. The maximum atomic E-state index is 14.1. The molecule has 1 aromatic rings. The minimum Gasteiger partial charge on any atom is -0.494 e. The molecule has 102 valence electrons. The van der Waals surface area contributed by atoms with Gasteiger partial charge in [-0.3, -0.25) is 0 Å². The van der Waals surface area contributed by atoms with Gasteiger partial charge in [0.15, 0.2) is 0 Å². The first-order valence-corrected chi connectivity index (χ1v) is 9.85. The summed E-state index contributed by atoms with van der Waals surface area (Å²) >= 11 is 0. The van der Waals surface area contributed by atoms with Gasteiger partial charge in [-0.05, 0) is 25.5 Å². The fourth-order valence-electron chi connectivity index (χ4n) is 1.60. The fourth-order valence-corrected chi connectivity index (χ4v) is 2.62. The van der Waals surface area contributed by atoms with Crippen LogP contribution in [-0.2, 0) is 5.22 Å². The number of hydrogen-bond acceptors (Lipinski definition) is 2. The van der Waals surface area contributed by atoms with Crippen molar-refractivity contribution >= 4 is 8.07 Å². The van der Waals surface area contributed by atoms with Crippen molar-refractivity contribution in [3.63, 3.8) is 0 Å². The number of hydrogen-bond donors (Lipinski definition) is 1. The second kappa shape index (κ2) is 5.41. The Morgan fingerprint density at radius 3 is 2.39 bits per heavy atom. The molecule has 0 saturated heterocycles. The average Bonchev–Trinajstić information content (AvgIpc) is 2.24. The number of ether oxygens (including phenoxy) is 1. The van der Waals surface area contributed by atoms with Crippen molar-refractivity contribution in [2.45, 2.75) is 45.1 Å². The maximum Gasteiger partial charge on any atom is 0.132 e. The molecule has 1 atom stereocenters. The Morgan fingerprint density at radius 1 is 1.33 bits per heavy atom. The lowest BCUT2D eigenvalue weighted by atomic mass is 10.1. The van der Waals surface area contributed by atoms with Crippen LogP contribution in [0.15, 0.2) is 18.2 Å². The third-order valence-electron chi connectivity index (χ3n) is 3.40.